The number of likely N-dealkylation sites (tertiary alicyclic amines) is 1. The minimum absolute atomic E-state index is 0.0597. The lowest BCUT2D eigenvalue weighted by molar-refractivity contribution is -0.117. The summed E-state index contributed by atoms with van der Waals surface area (Å²) in [6.45, 7) is 5.16. The summed E-state index contributed by atoms with van der Waals surface area (Å²) in [6, 6.07) is 0. The lowest BCUT2D eigenvalue weighted by Gasteiger charge is -2.48. The van der Waals surface area contributed by atoms with Crippen LogP contribution in [0, 0.1) is 0 Å². The monoisotopic (exact) mass is 264 g/mol. The van der Waals surface area contributed by atoms with Gasteiger partial charge in [-0.3, -0.25) is 9.69 Å². The molecule has 0 atom stereocenters. The van der Waals surface area contributed by atoms with Gasteiger partial charge >= 0.3 is 0 Å². The van der Waals surface area contributed by atoms with E-state index in [0.29, 0.717) is 0 Å². The Morgan fingerprint density at radius 3 is 2.37 bits per heavy atom. The normalized spacial score (nSPS) is 24.5. The van der Waals surface area contributed by atoms with Crippen molar-refractivity contribution in [2.24, 2.45) is 0 Å². The fourth-order valence-corrected chi connectivity index (χ4v) is 3.64. The minimum Gasteiger partial charge on any atom is -0.351 e. The molecular weight excluding hydrogens is 236 g/mol. The van der Waals surface area contributed by atoms with Gasteiger partial charge in [0.15, 0.2) is 0 Å². The molecule has 1 aliphatic carbocycles. The molecule has 0 unspecified atom stereocenters. The van der Waals surface area contributed by atoms with E-state index in [4.69, 9.17) is 0 Å². The molecule has 0 aromatic heterocycles. The first kappa shape index (κ1) is 14.6. The van der Waals surface area contributed by atoms with E-state index in [9.17, 15) is 4.79 Å². The van der Waals surface area contributed by atoms with Crippen LogP contribution in [0.5, 0.6) is 0 Å². The standard InChI is InChI=1S/C16H28N2O/c1-2-9-15(19)17-14-16(10-5-3-6-11-16)18-12-7-4-8-13-18/h2,9H,3-8,10-14H2,1H3,(H,17,19)/b9-2+. The third-order valence-corrected chi connectivity index (χ3v) is 4.72. The lowest BCUT2D eigenvalue weighted by atomic mass is 9.79. The highest BCUT2D eigenvalue weighted by Crippen LogP contribution is 2.35. The van der Waals surface area contributed by atoms with Crippen LogP contribution in [0.4, 0.5) is 0 Å². The van der Waals surface area contributed by atoms with Crippen molar-refractivity contribution in [1.29, 1.82) is 0 Å². The number of amides is 1. The van der Waals surface area contributed by atoms with Gasteiger partial charge in [-0.15, -0.1) is 0 Å². The number of allylic oxidation sites excluding steroid dienone is 1. The van der Waals surface area contributed by atoms with Crippen LogP contribution in [-0.4, -0.2) is 36.0 Å². The average molecular weight is 264 g/mol. The summed E-state index contributed by atoms with van der Waals surface area (Å²) in [5, 5.41) is 3.12. The Labute approximate surface area is 117 Å². The molecule has 0 spiro atoms. The van der Waals surface area contributed by atoms with E-state index in [0.717, 1.165) is 6.54 Å². The summed E-state index contributed by atoms with van der Waals surface area (Å²) in [5.41, 5.74) is 0.246. The van der Waals surface area contributed by atoms with Crippen molar-refractivity contribution in [2.75, 3.05) is 19.6 Å². The fourth-order valence-electron chi connectivity index (χ4n) is 3.64. The lowest BCUT2D eigenvalue weighted by Crippen LogP contribution is -2.58. The second-order valence-corrected chi connectivity index (χ2v) is 6.05. The van der Waals surface area contributed by atoms with Crippen LogP contribution in [-0.2, 0) is 4.79 Å². The average Bonchev–Trinajstić information content (AvgIpc) is 2.47. The number of carbonyl (C=O) groups excluding carboxylic acids is 1. The molecule has 3 nitrogen and oxygen atoms in total. The SMILES string of the molecule is C/C=C/C(=O)NCC1(N2CCCCC2)CCCCC1. The predicted molar refractivity (Wildman–Crippen MR) is 79.1 cm³/mol. The molecule has 1 aliphatic heterocycles. The zero-order valence-corrected chi connectivity index (χ0v) is 12.3. The second-order valence-electron chi connectivity index (χ2n) is 6.05. The van der Waals surface area contributed by atoms with E-state index in [1.807, 2.05) is 13.0 Å². The third kappa shape index (κ3) is 3.82. The summed E-state index contributed by atoms with van der Waals surface area (Å²) in [5.74, 6) is 0.0597. The van der Waals surface area contributed by atoms with Crippen molar-refractivity contribution in [3.05, 3.63) is 12.2 Å². The topological polar surface area (TPSA) is 32.3 Å². The Balaban J connectivity index is 1.99. The highest BCUT2D eigenvalue weighted by molar-refractivity contribution is 5.87. The van der Waals surface area contributed by atoms with Crippen LogP contribution in [0.3, 0.4) is 0 Å². The molecule has 2 aliphatic rings. The molecule has 2 rings (SSSR count). The Hall–Kier alpha value is -0.830. The molecule has 19 heavy (non-hydrogen) atoms. The first-order valence-corrected chi connectivity index (χ1v) is 7.92. The third-order valence-electron chi connectivity index (χ3n) is 4.72. The van der Waals surface area contributed by atoms with Crippen molar-refractivity contribution in [1.82, 2.24) is 10.2 Å². The van der Waals surface area contributed by atoms with Gasteiger partial charge in [0.05, 0.1) is 0 Å². The summed E-state index contributed by atoms with van der Waals surface area (Å²) in [6.07, 6.45) is 14.0. The van der Waals surface area contributed by atoms with Gasteiger partial charge in [0.2, 0.25) is 5.91 Å². The van der Waals surface area contributed by atoms with Crippen LogP contribution < -0.4 is 5.32 Å². The highest BCUT2D eigenvalue weighted by Gasteiger charge is 2.38. The van der Waals surface area contributed by atoms with Crippen molar-refractivity contribution in [2.45, 2.75) is 63.8 Å². The van der Waals surface area contributed by atoms with E-state index >= 15 is 0 Å². The van der Waals surface area contributed by atoms with Gasteiger partial charge in [0.1, 0.15) is 0 Å². The maximum atomic E-state index is 11.7. The number of piperidine rings is 1. The summed E-state index contributed by atoms with van der Waals surface area (Å²) in [7, 11) is 0. The molecule has 1 N–H and O–H groups in total. The predicted octanol–water partition coefficient (Wildman–Crippen LogP) is 2.87. The molecule has 0 radical (unpaired) electrons. The van der Waals surface area contributed by atoms with Crippen LogP contribution >= 0.6 is 0 Å². The zero-order chi connectivity index (χ0) is 13.6. The van der Waals surface area contributed by atoms with Crippen molar-refractivity contribution in [3.63, 3.8) is 0 Å². The Bertz CT molecular complexity index is 313. The molecule has 2 fully saturated rings. The van der Waals surface area contributed by atoms with Gasteiger partial charge in [0, 0.05) is 12.1 Å². The highest BCUT2D eigenvalue weighted by atomic mass is 16.1. The maximum Gasteiger partial charge on any atom is 0.243 e. The summed E-state index contributed by atoms with van der Waals surface area (Å²) in [4.78, 5) is 14.4. The number of hydrogen-bond donors (Lipinski definition) is 1. The van der Waals surface area contributed by atoms with E-state index in [1.165, 1.54) is 64.5 Å². The molecule has 1 saturated heterocycles. The van der Waals surface area contributed by atoms with E-state index < -0.39 is 0 Å². The summed E-state index contributed by atoms with van der Waals surface area (Å²) < 4.78 is 0. The molecule has 0 aromatic carbocycles. The molecule has 1 amide bonds. The molecule has 1 heterocycles. The Morgan fingerprint density at radius 2 is 1.74 bits per heavy atom. The van der Waals surface area contributed by atoms with Crippen molar-refractivity contribution < 1.29 is 4.79 Å². The van der Waals surface area contributed by atoms with Crippen molar-refractivity contribution >= 4 is 5.91 Å². The fraction of sp³-hybridized carbons (Fsp3) is 0.812. The molecule has 0 aromatic rings. The number of nitrogens with zero attached hydrogens (tertiary/aromatic N) is 1. The van der Waals surface area contributed by atoms with Gasteiger partial charge in [0.25, 0.3) is 0 Å². The molecule has 108 valence electrons. The molecule has 3 heteroatoms. The van der Waals surface area contributed by atoms with E-state index in [1.54, 1.807) is 6.08 Å². The number of hydrogen-bond acceptors (Lipinski definition) is 2. The first-order chi connectivity index (χ1) is 9.27. The Kier molecular flexibility index (Phi) is 5.44. The quantitative estimate of drug-likeness (QED) is 0.792. The number of carbonyl (C=O) groups is 1. The van der Waals surface area contributed by atoms with Gasteiger partial charge in [-0.25, -0.2) is 0 Å². The van der Waals surface area contributed by atoms with Crippen LogP contribution in [0.2, 0.25) is 0 Å². The Morgan fingerprint density at radius 1 is 1.11 bits per heavy atom. The largest absolute Gasteiger partial charge is 0.351 e. The zero-order valence-electron chi connectivity index (χ0n) is 12.3. The van der Waals surface area contributed by atoms with Crippen molar-refractivity contribution in [3.8, 4) is 0 Å². The van der Waals surface area contributed by atoms with Gasteiger partial charge < -0.3 is 5.32 Å². The minimum atomic E-state index is 0.0597. The second kappa shape index (κ2) is 7.09. The maximum absolute atomic E-state index is 11.7. The van der Waals surface area contributed by atoms with Gasteiger partial charge in [-0.1, -0.05) is 31.8 Å². The van der Waals surface area contributed by atoms with Gasteiger partial charge in [-0.2, -0.15) is 0 Å². The van der Waals surface area contributed by atoms with Gasteiger partial charge in [-0.05, 0) is 51.8 Å². The van der Waals surface area contributed by atoms with Crippen LogP contribution in [0.1, 0.15) is 58.3 Å². The number of nitrogens with one attached hydrogen (secondary N) is 1. The molecule has 0 bridgehead atoms. The van der Waals surface area contributed by atoms with Crippen LogP contribution in [0.15, 0.2) is 12.2 Å². The number of rotatable bonds is 4. The molecular formula is C16H28N2O. The molecule has 1 saturated carbocycles. The first-order valence-electron chi connectivity index (χ1n) is 7.92. The van der Waals surface area contributed by atoms with E-state index in [2.05, 4.69) is 10.2 Å². The van der Waals surface area contributed by atoms with Crippen LogP contribution in [0.25, 0.3) is 0 Å². The van der Waals surface area contributed by atoms with E-state index in [-0.39, 0.29) is 11.4 Å². The summed E-state index contributed by atoms with van der Waals surface area (Å²) >= 11 is 0. The smallest absolute Gasteiger partial charge is 0.243 e.